The summed E-state index contributed by atoms with van der Waals surface area (Å²) < 4.78 is 46.9. The molecule has 5 nitrogen and oxygen atoms in total. The van der Waals surface area contributed by atoms with E-state index < -0.39 is 32.4 Å². The summed E-state index contributed by atoms with van der Waals surface area (Å²) in [5.41, 5.74) is 0. The molecule has 0 aliphatic carbocycles. The van der Waals surface area contributed by atoms with Crippen molar-refractivity contribution < 1.29 is 27.4 Å². The monoisotopic (exact) mass is 292 g/mol. The summed E-state index contributed by atoms with van der Waals surface area (Å²) in [5, 5.41) is 9.57. The van der Waals surface area contributed by atoms with E-state index in [0.29, 0.717) is 6.61 Å². The lowest BCUT2D eigenvalue weighted by Crippen LogP contribution is -2.26. The minimum absolute atomic E-state index is 0.142. The predicted octanol–water partition coefficient (Wildman–Crippen LogP) is 0.623. The van der Waals surface area contributed by atoms with Crippen LogP contribution in [0.3, 0.4) is 0 Å². The number of aliphatic hydroxyl groups is 1. The van der Waals surface area contributed by atoms with Crippen LogP contribution in [-0.2, 0) is 19.3 Å². The lowest BCUT2D eigenvalue weighted by molar-refractivity contribution is 0.0213. The standard InChI is InChI=1S/C12H17FO5S/c1-17-6-7-18-8-10(14)9-19(15,16)12-5-3-2-4-11(12)13/h2-5,10,14H,6-9H2,1H3. The van der Waals surface area contributed by atoms with Gasteiger partial charge in [0.15, 0.2) is 9.84 Å². The number of benzene rings is 1. The molecule has 0 aliphatic heterocycles. The Kier molecular flexibility index (Phi) is 6.36. The zero-order valence-corrected chi connectivity index (χ0v) is 11.4. The molecular weight excluding hydrogens is 275 g/mol. The molecule has 1 atom stereocenters. The summed E-state index contributed by atoms with van der Waals surface area (Å²) >= 11 is 0. The summed E-state index contributed by atoms with van der Waals surface area (Å²) in [6, 6.07) is 5.06. The predicted molar refractivity (Wildman–Crippen MR) is 67.2 cm³/mol. The Balaban J connectivity index is 2.58. The summed E-state index contributed by atoms with van der Waals surface area (Å²) in [5.74, 6) is -1.41. The molecule has 0 bridgehead atoms. The van der Waals surface area contributed by atoms with Gasteiger partial charge in [0.05, 0.1) is 31.7 Å². The highest BCUT2D eigenvalue weighted by molar-refractivity contribution is 7.91. The Hall–Kier alpha value is -1.02. The van der Waals surface area contributed by atoms with Gasteiger partial charge in [-0.25, -0.2) is 12.8 Å². The van der Waals surface area contributed by atoms with Gasteiger partial charge in [-0.15, -0.1) is 0 Å². The van der Waals surface area contributed by atoms with Gasteiger partial charge in [0, 0.05) is 7.11 Å². The van der Waals surface area contributed by atoms with Crippen molar-refractivity contribution in [2.45, 2.75) is 11.0 Å². The summed E-state index contributed by atoms with van der Waals surface area (Å²) in [7, 11) is -2.37. The molecule has 0 radical (unpaired) electrons. The van der Waals surface area contributed by atoms with Crippen molar-refractivity contribution in [3.05, 3.63) is 30.1 Å². The van der Waals surface area contributed by atoms with Crippen molar-refractivity contribution in [2.75, 3.05) is 32.7 Å². The molecular formula is C12H17FO5S. The summed E-state index contributed by atoms with van der Waals surface area (Å²) in [6.07, 6.45) is -1.21. The van der Waals surface area contributed by atoms with Crippen molar-refractivity contribution in [3.8, 4) is 0 Å². The van der Waals surface area contributed by atoms with Gasteiger partial charge in [-0.05, 0) is 12.1 Å². The van der Waals surface area contributed by atoms with Crippen LogP contribution in [0.2, 0.25) is 0 Å². The Labute approximate surface area is 111 Å². The molecule has 0 fully saturated rings. The Morgan fingerprint density at radius 2 is 2.00 bits per heavy atom. The number of aliphatic hydroxyl groups excluding tert-OH is 1. The maximum atomic E-state index is 13.4. The van der Waals surface area contributed by atoms with E-state index in [1.54, 1.807) is 0 Å². The van der Waals surface area contributed by atoms with Gasteiger partial charge >= 0.3 is 0 Å². The molecule has 108 valence electrons. The van der Waals surface area contributed by atoms with Gasteiger partial charge in [-0.2, -0.15) is 0 Å². The van der Waals surface area contributed by atoms with Gasteiger partial charge in [0.25, 0.3) is 0 Å². The van der Waals surface area contributed by atoms with E-state index in [-0.39, 0.29) is 13.2 Å². The molecule has 7 heteroatoms. The molecule has 1 rings (SSSR count). The first-order chi connectivity index (χ1) is 8.97. The summed E-state index contributed by atoms with van der Waals surface area (Å²) in [6.45, 7) is 0.469. The molecule has 19 heavy (non-hydrogen) atoms. The molecule has 1 unspecified atom stereocenters. The number of methoxy groups -OCH3 is 1. The first-order valence-corrected chi connectivity index (χ1v) is 7.34. The molecule has 0 aliphatic rings. The minimum atomic E-state index is -3.87. The fraction of sp³-hybridized carbons (Fsp3) is 0.500. The van der Waals surface area contributed by atoms with Crippen molar-refractivity contribution in [1.29, 1.82) is 0 Å². The largest absolute Gasteiger partial charge is 0.390 e. The smallest absolute Gasteiger partial charge is 0.183 e. The molecule has 1 aromatic carbocycles. The molecule has 0 spiro atoms. The van der Waals surface area contributed by atoms with Crippen molar-refractivity contribution in [3.63, 3.8) is 0 Å². The zero-order valence-electron chi connectivity index (χ0n) is 10.6. The van der Waals surface area contributed by atoms with Gasteiger partial charge in [-0.1, -0.05) is 12.1 Å². The van der Waals surface area contributed by atoms with Crippen LogP contribution in [0.5, 0.6) is 0 Å². The van der Waals surface area contributed by atoms with Crippen molar-refractivity contribution in [1.82, 2.24) is 0 Å². The molecule has 0 amide bonds. The quantitative estimate of drug-likeness (QED) is 0.711. The van der Waals surface area contributed by atoms with Crippen LogP contribution in [0.15, 0.2) is 29.2 Å². The highest BCUT2D eigenvalue weighted by Gasteiger charge is 2.22. The maximum absolute atomic E-state index is 13.4. The summed E-state index contributed by atoms with van der Waals surface area (Å²) in [4.78, 5) is -0.411. The lowest BCUT2D eigenvalue weighted by atomic mass is 10.3. The normalized spacial score (nSPS) is 13.4. The Bertz CT molecular complexity index is 489. The molecule has 0 saturated heterocycles. The molecule has 0 aromatic heterocycles. The second-order valence-electron chi connectivity index (χ2n) is 3.93. The van der Waals surface area contributed by atoms with Gasteiger partial charge < -0.3 is 14.6 Å². The third kappa shape index (κ3) is 5.23. The van der Waals surface area contributed by atoms with E-state index in [9.17, 15) is 17.9 Å². The number of sulfone groups is 1. The first-order valence-electron chi connectivity index (χ1n) is 5.69. The van der Waals surface area contributed by atoms with E-state index in [1.165, 1.54) is 25.3 Å². The van der Waals surface area contributed by atoms with Crippen molar-refractivity contribution >= 4 is 9.84 Å². The van der Waals surface area contributed by atoms with E-state index in [1.807, 2.05) is 0 Å². The fourth-order valence-corrected chi connectivity index (χ4v) is 2.88. The van der Waals surface area contributed by atoms with Crippen molar-refractivity contribution in [2.24, 2.45) is 0 Å². The van der Waals surface area contributed by atoms with Crippen LogP contribution in [0.25, 0.3) is 0 Å². The number of rotatable bonds is 8. The van der Waals surface area contributed by atoms with E-state index in [2.05, 4.69) is 0 Å². The molecule has 1 aromatic rings. The highest BCUT2D eigenvalue weighted by Crippen LogP contribution is 2.16. The third-order valence-corrected chi connectivity index (χ3v) is 4.15. The van der Waals surface area contributed by atoms with Crippen LogP contribution in [0.4, 0.5) is 4.39 Å². The lowest BCUT2D eigenvalue weighted by Gasteiger charge is -2.12. The second kappa shape index (κ2) is 7.54. The van der Waals surface area contributed by atoms with Crippen LogP contribution < -0.4 is 0 Å². The Morgan fingerprint density at radius 3 is 2.63 bits per heavy atom. The van der Waals surface area contributed by atoms with E-state index in [0.717, 1.165) is 6.07 Å². The molecule has 1 N–H and O–H groups in total. The first kappa shape index (κ1) is 16.0. The average Bonchev–Trinajstić information content (AvgIpc) is 2.34. The topological polar surface area (TPSA) is 72.8 Å². The molecule has 0 heterocycles. The van der Waals surface area contributed by atoms with Crippen LogP contribution in [0.1, 0.15) is 0 Å². The highest BCUT2D eigenvalue weighted by atomic mass is 32.2. The van der Waals surface area contributed by atoms with Crippen LogP contribution in [0, 0.1) is 5.82 Å². The number of halogens is 1. The third-order valence-electron chi connectivity index (χ3n) is 2.33. The fourth-order valence-electron chi connectivity index (χ4n) is 1.45. The van der Waals surface area contributed by atoms with Crippen LogP contribution in [-0.4, -0.2) is 52.3 Å². The SMILES string of the molecule is COCCOCC(O)CS(=O)(=O)c1ccccc1F. The van der Waals surface area contributed by atoms with Gasteiger partial charge in [0.1, 0.15) is 10.7 Å². The zero-order chi connectivity index (χ0) is 14.3. The minimum Gasteiger partial charge on any atom is -0.390 e. The maximum Gasteiger partial charge on any atom is 0.183 e. The van der Waals surface area contributed by atoms with Gasteiger partial charge in [0.2, 0.25) is 0 Å². The number of hydrogen-bond acceptors (Lipinski definition) is 5. The van der Waals surface area contributed by atoms with Crippen LogP contribution >= 0.6 is 0 Å². The number of ether oxygens (including phenoxy) is 2. The second-order valence-corrected chi connectivity index (χ2v) is 5.94. The number of hydrogen-bond donors (Lipinski definition) is 1. The van der Waals surface area contributed by atoms with Gasteiger partial charge in [-0.3, -0.25) is 0 Å². The average molecular weight is 292 g/mol. The molecule has 0 saturated carbocycles. The van der Waals surface area contributed by atoms with E-state index >= 15 is 0 Å². The Morgan fingerprint density at radius 1 is 1.32 bits per heavy atom. The van der Waals surface area contributed by atoms with E-state index in [4.69, 9.17) is 9.47 Å².